The number of benzene rings is 2. The minimum atomic E-state index is -2.40. The average Bonchev–Trinajstić information content (AvgIpc) is 2.54. The smallest absolute Gasteiger partial charge is 0.342 e. The Morgan fingerprint density at radius 1 is 1.00 bits per heavy atom. The van der Waals surface area contributed by atoms with Gasteiger partial charge in [0.05, 0.1) is 4.92 Å². The van der Waals surface area contributed by atoms with Gasteiger partial charge in [0.2, 0.25) is 34.8 Å². The zero-order chi connectivity index (χ0) is 18.2. The summed E-state index contributed by atoms with van der Waals surface area (Å²) in [6, 6.07) is 1.89. The molecule has 2 aromatic carbocycles. The van der Waals surface area contributed by atoms with Gasteiger partial charge in [-0.25, -0.2) is 18.0 Å². The summed E-state index contributed by atoms with van der Waals surface area (Å²) < 4.78 is 70.5. The van der Waals surface area contributed by atoms with Crippen LogP contribution in [0.15, 0.2) is 18.2 Å². The number of nitro benzene ring substituents is 1. The van der Waals surface area contributed by atoms with Gasteiger partial charge in [0, 0.05) is 12.1 Å². The van der Waals surface area contributed by atoms with Gasteiger partial charge in [0.15, 0.2) is 0 Å². The fourth-order valence-corrected chi connectivity index (χ4v) is 1.70. The number of carbonyl (C=O) groups is 1. The number of nitrogens with zero attached hydrogens (tertiary/aromatic N) is 1. The maximum atomic E-state index is 13.5. The van der Waals surface area contributed by atoms with Gasteiger partial charge in [-0.1, -0.05) is 0 Å². The number of carboxylic acids is 1. The molecule has 0 saturated heterocycles. The van der Waals surface area contributed by atoms with Gasteiger partial charge < -0.3 is 9.84 Å². The van der Waals surface area contributed by atoms with Crippen molar-refractivity contribution < 1.29 is 41.5 Å². The summed E-state index contributed by atoms with van der Waals surface area (Å²) in [5, 5.41) is 19.5. The Morgan fingerprint density at radius 2 is 1.50 bits per heavy atom. The van der Waals surface area contributed by atoms with E-state index in [1.165, 1.54) is 0 Å². The molecule has 0 bridgehead atoms. The highest BCUT2D eigenvalue weighted by Gasteiger charge is 2.28. The molecule has 0 radical (unpaired) electrons. The number of aromatic carboxylic acids is 1. The van der Waals surface area contributed by atoms with E-state index in [-0.39, 0.29) is 0 Å². The van der Waals surface area contributed by atoms with E-state index in [1.54, 1.807) is 0 Å². The fourth-order valence-electron chi connectivity index (χ4n) is 1.70. The molecule has 0 aliphatic heterocycles. The maximum Gasteiger partial charge on any atom is 0.342 e. The van der Waals surface area contributed by atoms with Crippen LogP contribution in [0.4, 0.5) is 27.6 Å². The van der Waals surface area contributed by atoms with E-state index in [0.29, 0.717) is 12.1 Å². The van der Waals surface area contributed by atoms with Crippen molar-refractivity contribution in [1.82, 2.24) is 0 Å². The molecule has 2 rings (SSSR count). The minimum absolute atomic E-state index is 0.512. The maximum absolute atomic E-state index is 13.5. The predicted molar refractivity (Wildman–Crippen MR) is 66.4 cm³/mol. The number of nitro groups is 1. The third-order valence-corrected chi connectivity index (χ3v) is 2.78. The minimum Gasteiger partial charge on any atom is -0.477 e. The first-order chi connectivity index (χ1) is 11.1. The van der Waals surface area contributed by atoms with Crippen LogP contribution in [0, 0.1) is 39.2 Å². The standard InChI is InChI=1S/C13H4F5NO5/c14-7-8(15)10(17)12(11(18)9(7)16)24-4-1-2-6(19(22)23)5(3-4)13(20)21/h1-3H,(H,20,21). The lowest BCUT2D eigenvalue weighted by Crippen LogP contribution is -2.06. The van der Waals surface area contributed by atoms with Crippen LogP contribution in [0.3, 0.4) is 0 Å². The second-order valence-electron chi connectivity index (χ2n) is 4.24. The third kappa shape index (κ3) is 2.83. The van der Waals surface area contributed by atoms with Gasteiger partial charge in [-0.15, -0.1) is 0 Å². The molecule has 1 N–H and O–H groups in total. The van der Waals surface area contributed by atoms with E-state index in [9.17, 15) is 36.9 Å². The monoisotopic (exact) mass is 349 g/mol. The largest absolute Gasteiger partial charge is 0.477 e. The summed E-state index contributed by atoms with van der Waals surface area (Å²) in [7, 11) is 0. The molecule has 0 aromatic heterocycles. The lowest BCUT2D eigenvalue weighted by atomic mass is 10.1. The van der Waals surface area contributed by atoms with Crippen LogP contribution in [-0.4, -0.2) is 16.0 Å². The molecule has 0 heterocycles. The number of rotatable bonds is 4. The van der Waals surface area contributed by atoms with Crippen molar-refractivity contribution in [3.63, 3.8) is 0 Å². The van der Waals surface area contributed by atoms with Gasteiger partial charge in [0.25, 0.3) is 5.69 Å². The van der Waals surface area contributed by atoms with Gasteiger partial charge in [-0.2, -0.15) is 8.78 Å². The predicted octanol–water partition coefficient (Wildman–Crippen LogP) is 3.78. The van der Waals surface area contributed by atoms with Crippen LogP contribution >= 0.6 is 0 Å². The van der Waals surface area contributed by atoms with Gasteiger partial charge >= 0.3 is 5.97 Å². The second kappa shape index (κ2) is 6.10. The summed E-state index contributed by atoms with van der Waals surface area (Å²) >= 11 is 0. The SMILES string of the molecule is O=C(O)c1cc(Oc2c(F)c(F)c(F)c(F)c2F)ccc1[N+](=O)[O-]. The molecule has 0 aliphatic carbocycles. The Kier molecular flexibility index (Phi) is 4.35. The normalized spacial score (nSPS) is 10.5. The van der Waals surface area contributed by atoms with E-state index >= 15 is 0 Å². The highest BCUT2D eigenvalue weighted by Crippen LogP contribution is 2.34. The molecule has 126 valence electrons. The Balaban J connectivity index is 2.56. The van der Waals surface area contributed by atoms with E-state index in [1.807, 2.05) is 0 Å². The molecule has 0 fully saturated rings. The van der Waals surface area contributed by atoms with E-state index in [4.69, 9.17) is 5.11 Å². The molecule has 2 aromatic rings. The first kappa shape index (κ1) is 17.1. The van der Waals surface area contributed by atoms with Crippen molar-refractivity contribution in [2.24, 2.45) is 0 Å². The quantitative estimate of drug-likeness (QED) is 0.298. The fraction of sp³-hybridized carbons (Fsp3) is 0. The highest BCUT2D eigenvalue weighted by molar-refractivity contribution is 5.92. The van der Waals surface area contributed by atoms with Crippen LogP contribution in [-0.2, 0) is 0 Å². The lowest BCUT2D eigenvalue weighted by Gasteiger charge is -2.10. The van der Waals surface area contributed by atoms with E-state index in [2.05, 4.69) is 4.74 Å². The number of hydrogen-bond acceptors (Lipinski definition) is 4. The van der Waals surface area contributed by atoms with Crippen LogP contribution in [0.2, 0.25) is 0 Å². The average molecular weight is 349 g/mol. The third-order valence-electron chi connectivity index (χ3n) is 2.78. The van der Waals surface area contributed by atoms with Crippen molar-refractivity contribution in [2.45, 2.75) is 0 Å². The van der Waals surface area contributed by atoms with Gasteiger partial charge in [-0.3, -0.25) is 10.1 Å². The topological polar surface area (TPSA) is 89.7 Å². The first-order valence-electron chi connectivity index (χ1n) is 5.86. The Hall–Kier alpha value is -3.24. The van der Waals surface area contributed by atoms with Crippen LogP contribution in [0.1, 0.15) is 10.4 Å². The molecule has 11 heteroatoms. The summed E-state index contributed by atoms with van der Waals surface area (Å²) in [6.45, 7) is 0. The molecule has 0 atom stereocenters. The Labute approximate surface area is 128 Å². The molecule has 24 heavy (non-hydrogen) atoms. The van der Waals surface area contributed by atoms with Crippen LogP contribution < -0.4 is 4.74 Å². The number of carboxylic acid groups (broad SMARTS) is 1. The molecular formula is C13H4F5NO5. The highest BCUT2D eigenvalue weighted by atomic mass is 19.2. The molecule has 0 unspecified atom stereocenters. The second-order valence-corrected chi connectivity index (χ2v) is 4.24. The Bertz CT molecular complexity index is 841. The van der Waals surface area contributed by atoms with E-state index < -0.39 is 62.7 Å². The zero-order valence-corrected chi connectivity index (χ0v) is 11.1. The van der Waals surface area contributed by atoms with E-state index in [0.717, 1.165) is 6.07 Å². The molecule has 6 nitrogen and oxygen atoms in total. The zero-order valence-electron chi connectivity index (χ0n) is 11.1. The van der Waals surface area contributed by atoms with Crippen molar-refractivity contribution in [3.05, 3.63) is 63.0 Å². The van der Waals surface area contributed by atoms with Gasteiger partial charge in [-0.05, 0) is 6.07 Å². The Morgan fingerprint density at radius 3 is 1.96 bits per heavy atom. The van der Waals surface area contributed by atoms with Crippen LogP contribution in [0.5, 0.6) is 11.5 Å². The van der Waals surface area contributed by atoms with Crippen molar-refractivity contribution in [3.8, 4) is 11.5 Å². The van der Waals surface area contributed by atoms with Crippen molar-refractivity contribution in [2.75, 3.05) is 0 Å². The first-order valence-corrected chi connectivity index (χ1v) is 5.86. The molecule has 0 saturated carbocycles. The summed E-state index contributed by atoms with van der Waals surface area (Å²) in [5.74, 6) is -15.6. The number of hydrogen-bond donors (Lipinski definition) is 1. The molecule has 0 aliphatic rings. The number of ether oxygens (including phenoxy) is 1. The summed E-state index contributed by atoms with van der Waals surface area (Å²) in [5.41, 5.74) is -1.76. The number of halogens is 5. The summed E-state index contributed by atoms with van der Waals surface area (Å²) in [4.78, 5) is 20.6. The van der Waals surface area contributed by atoms with Crippen LogP contribution in [0.25, 0.3) is 0 Å². The summed E-state index contributed by atoms with van der Waals surface area (Å²) in [6.07, 6.45) is 0. The molecule has 0 amide bonds. The van der Waals surface area contributed by atoms with Crippen molar-refractivity contribution >= 4 is 11.7 Å². The van der Waals surface area contributed by atoms with Gasteiger partial charge in [0.1, 0.15) is 11.3 Å². The van der Waals surface area contributed by atoms with Crippen molar-refractivity contribution in [1.29, 1.82) is 0 Å². The molecule has 0 spiro atoms. The lowest BCUT2D eigenvalue weighted by molar-refractivity contribution is -0.385. The molecular weight excluding hydrogens is 345 g/mol.